The highest BCUT2D eigenvalue weighted by molar-refractivity contribution is 7.89. The van der Waals surface area contributed by atoms with E-state index in [1.54, 1.807) is 19.1 Å². The highest BCUT2D eigenvalue weighted by Gasteiger charge is 2.51. The van der Waals surface area contributed by atoms with E-state index in [0.29, 0.717) is 0 Å². The number of aliphatic hydroxyl groups is 1. The lowest BCUT2D eigenvalue weighted by Gasteiger charge is -2.32. The van der Waals surface area contributed by atoms with E-state index in [4.69, 9.17) is 14.4 Å². The van der Waals surface area contributed by atoms with E-state index in [9.17, 15) is 8.42 Å². The number of hydrogen-bond acceptors (Lipinski definition) is 5. The summed E-state index contributed by atoms with van der Waals surface area (Å²) in [6.07, 6.45) is 0. The summed E-state index contributed by atoms with van der Waals surface area (Å²) < 4.78 is 38.9. The van der Waals surface area contributed by atoms with E-state index in [1.165, 1.54) is 12.1 Å². The lowest BCUT2D eigenvalue weighted by molar-refractivity contribution is 0.00578. The SMILES string of the molecule is CC(CO)CNS(=O)(=O)c1ccc(B2OC(C)(C)C(C)(C)O2)cc1. The number of sulfonamides is 1. The molecule has 134 valence electrons. The van der Waals surface area contributed by atoms with Gasteiger partial charge < -0.3 is 14.4 Å². The molecule has 1 heterocycles. The summed E-state index contributed by atoms with van der Waals surface area (Å²) in [5.74, 6) is -0.135. The van der Waals surface area contributed by atoms with Crippen LogP contribution in [0.1, 0.15) is 34.6 Å². The monoisotopic (exact) mass is 355 g/mol. The van der Waals surface area contributed by atoms with E-state index in [-0.39, 0.29) is 24.0 Å². The summed E-state index contributed by atoms with van der Waals surface area (Å²) in [4.78, 5) is 0.174. The third-order valence-corrected chi connectivity index (χ3v) is 6.09. The summed E-state index contributed by atoms with van der Waals surface area (Å²) in [5.41, 5.74) is -0.106. The highest BCUT2D eigenvalue weighted by atomic mass is 32.2. The Morgan fingerprint density at radius 3 is 2.08 bits per heavy atom. The van der Waals surface area contributed by atoms with Crippen molar-refractivity contribution in [1.82, 2.24) is 4.72 Å². The van der Waals surface area contributed by atoms with Crippen LogP contribution >= 0.6 is 0 Å². The van der Waals surface area contributed by atoms with Crippen LogP contribution in [0, 0.1) is 5.92 Å². The number of aliphatic hydroxyl groups excluding tert-OH is 1. The van der Waals surface area contributed by atoms with Gasteiger partial charge in [-0.05, 0) is 51.2 Å². The van der Waals surface area contributed by atoms with Crippen LogP contribution in [-0.4, -0.2) is 45.0 Å². The van der Waals surface area contributed by atoms with Gasteiger partial charge in [0.05, 0.1) is 16.1 Å². The van der Waals surface area contributed by atoms with Crippen molar-refractivity contribution in [3.05, 3.63) is 24.3 Å². The van der Waals surface area contributed by atoms with Crippen LogP contribution in [0.5, 0.6) is 0 Å². The highest BCUT2D eigenvalue weighted by Crippen LogP contribution is 2.36. The zero-order valence-electron chi connectivity index (χ0n) is 14.9. The molecule has 1 fully saturated rings. The quantitative estimate of drug-likeness (QED) is 0.741. The van der Waals surface area contributed by atoms with Crippen LogP contribution in [0.15, 0.2) is 29.2 Å². The Morgan fingerprint density at radius 1 is 1.12 bits per heavy atom. The molecule has 0 amide bonds. The second-order valence-corrected chi connectivity index (χ2v) is 9.06. The molecular formula is C16H26BNO5S. The van der Waals surface area contributed by atoms with Gasteiger partial charge in [-0.25, -0.2) is 13.1 Å². The fraction of sp³-hybridized carbons (Fsp3) is 0.625. The molecule has 1 atom stereocenters. The Kier molecular flexibility index (Phi) is 5.47. The topological polar surface area (TPSA) is 84.9 Å². The molecule has 0 aromatic heterocycles. The molecule has 0 bridgehead atoms. The maximum Gasteiger partial charge on any atom is 0.494 e. The first kappa shape index (κ1) is 19.4. The molecule has 6 nitrogen and oxygen atoms in total. The Bertz CT molecular complexity index is 656. The van der Waals surface area contributed by atoms with Crippen LogP contribution in [0.2, 0.25) is 0 Å². The Labute approximate surface area is 144 Å². The molecule has 1 aromatic carbocycles. The van der Waals surface area contributed by atoms with E-state index >= 15 is 0 Å². The number of rotatable bonds is 6. The van der Waals surface area contributed by atoms with Gasteiger partial charge in [-0.1, -0.05) is 19.1 Å². The van der Waals surface area contributed by atoms with Gasteiger partial charge in [-0.15, -0.1) is 0 Å². The number of hydrogen-bond donors (Lipinski definition) is 2. The Hall–Kier alpha value is -0.925. The van der Waals surface area contributed by atoms with Gasteiger partial charge in [0.15, 0.2) is 0 Å². The summed E-state index contributed by atoms with van der Waals surface area (Å²) in [5, 5.41) is 8.98. The first-order valence-corrected chi connectivity index (χ1v) is 9.53. The molecule has 1 saturated heterocycles. The zero-order chi connectivity index (χ0) is 18.2. The Morgan fingerprint density at radius 2 is 1.62 bits per heavy atom. The van der Waals surface area contributed by atoms with E-state index < -0.39 is 28.3 Å². The van der Waals surface area contributed by atoms with Crippen molar-refractivity contribution in [2.24, 2.45) is 5.92 Å². The molecule has 8 heteroatoms. The van der Waals surface area contributed by atoms with Gasteiger partial charge in [0, 0.05) is 13.2 Å². The first-order chi connectivity index (χ1) is 11.0. The van der Waals surface area contributed by atoms with Crippen molar-refractivity contribution in [2.75, 3.05) is 13.2 Å². The van der Waals surface area contributed by atoms with Crippen molar-refractivity contribution in [3.63, 3.8) is 0 Å². The minimum absolute atomic E-state index is 0.0661. The molecule has 0 radical (unpaired) electrons. The number of benzene rings is 1. The van der Waals surface area contributed by atoms with E-state index in [1.807, 2.05) is 27.7 Å². The minimum atomic E-state index is -3.59. The van der Waals surface area contributed by atoms with Crippen molar-refractivity contribution >= 4 is 22.6 Å². The molecule has 0 aliphatic carbocycles. The van der Waals surface area contributed by atoms with E-state index in [0.717, 1.165) is 5.46 Å². The smallest absolute Gasteiger partial charge is 0.399 e. The van der Waals surface area contributed by atoms with Crippen LogP contribution in [0.25, 0.3) is 0 Å². The molecule has 1 aliphatic heterocycles. The largest absolute Gasteiger partial charge is 0.494 e. The molecular weight excluding hydrogens is 329 g/mol. The fourth-order valence-electron chi connectivity index (χ4n) is 2.18. The van der Waals surface area contributed by atoms with Gasteiger partial charge in [-0.3, -0.25) is 0 Å². The van der Waals surface area contributed by atoms with Crippen LogP contribution < -0.4 is 10.2 Å². The molecule has 24 heavy (non-hydrogen) atoms. The average Bonchev–Trinajstić information content (AvgIpc) is 2.73. The normalized spacial score (nSPS) is 21.0. The van der Waals surface area contributed by atoms with Crippen molar-refractivity contribution < 1.29 is 22.8 Å². The minimum Gasteiger partial charge on any atom is -0.399 e. The van der Waals surface area contributed by atoms with Crippen molar-refractivity contribution in [2.45, 2.75) is 50.7 Å². The average molecular weight is 355 g/mol. The molecule has 0 saturated carbocycles. The van der Waals surface area contributed by atoms with E-state index in [2.05, 4.69) is 4.72 Å². The third-order valence-electron chi connectivity index (χ3n) is 4.65. The molecule has 1 aliphatic rings. The molecule has 0 spiro atoms. The van der Waals surface area contributed by atoms with Gasteiger partial charge in [0.1, 0.15) is 0 Å². The van der Waals surface area contributed by atoms with Crippen molar-refractivity contribution in [1.29, 1.82) is 0 Å². The lowest BCUT2D eigenvalue weighted by Crippen LogP contribution is -2.41. The van der Waals surface area contributed by atoms with Crippen LogP contribution in [0.4, 0.5) is 0 Å². The van der Waals surface area contributed by atoms with Gasteiger partial charge >= 0.3 is 7.12 Å². The fourth-order valence-corrected chi connectivity index (χ4v) is 3.35. The maximum absolute atomic E-state index is 12.2. The third kappa shape index (κ3) is 4.00. The molecule has 2 rings (SSSR count). The summed E-state index contributed by atoms with van der Waals surface area (Å²) in [7, 11) is -4.11. The summed E-state index contributed by atoms with van der Waals surface area (Å²) in [6.45, 7) is 9.78. The first-order valence-electron chi connectivity index (χ1n) is 8.04. The molecule has 1 aromatic rings. The van der Waals surface area contributed by atoms with Crippen LogP contribution in [0.3, 0.4) is 0 Å². The van der Waals surface area contributed by atoms with Gasteiger partial charge in [-0.2, -0.15) is 0 Å². The standard InChI is InChI=1S/C16H26BNO5S/c1-12(11-19)10-18-24(20,21)14-8-6-13(7-9-14)17-22-15(2,3)16(4,5)23-17/h6-9,12,18-19H,10-11H2,1-5H3. The predicted molar refractivity (Wildman–Crippen MR) is 93.6 cm³/mol. The zero-order valence-corrected chi connectivity index (χ0v) is 15.7. The maximum atomic E-state index is 12.2. The van der Waals surface area contributed by atoms with Crippen molar-refractivity contribution in [3.8, 4) is 0 Å². The van der Waals surface area contributed by atoms with Gasteiger partial charge in [0.2, 0.25) is 10.0 Å². The lowest BCUT2D eigenvalue weighted by atomic mass is 9.79. The predicted octanol–water partition coefficient (Wildman–Crippen LogP) is 0.892. The molecule has 2 N–H and O–H groups in total. The van der Waals surface area contributed by atoms with Gasteiger partial charge in [0.25, 0.3) is 0 Å². The van der Waals surface area contributed by atoms with Crippen LogP contribution in [-0.2, 0) is 19.3 Å². The Balaban J connectivity index is 2.11. The second kappa shape index (κ2) is 6.76. The summed E-state index contributed by atoms with van der Waals surface area (Å²) >= 11 is 0. The summed E-state index contributed by atoms with van der Waals surface area (Å²) in [6, 6.07) is 6.47. The number of nitrogens with one attached hydrogen (secondary N) is 1. The molecule has 1 unspecified atom stereocenters. The second-order valence-electron chi connectivity index (χ2n) is 7.30.